The van der Waals surface area contributed by atoms with Gasteiger partial charge in [-0.1, -0.05) is 103 Å². The first-order valence-electron chi connectivity index (χ1n) is 16.3. The van der Waals surface area contributed by atoms with E-state index in [2.05, 4.69) is 51.6 Å². The quantitative estimate of drug-likeness (QED) is 0.164. The van der Waals surface area contributed by atoms with Gasteiger partial charge in [0.1, 0.15) is 39.7 Å². The minimum absolute atomic E-state index is 0.157. The Morgan fingerprint density at radius 2 is 1.40 bits per heavy atom. The standard InChI is InChI=1S/C40H36FN7O2/c1-39(2,3)50-38(49)47(4)26-34-43-37(45-44-34)32-23-24-33-36(42-32)35(27-15-14-22-31(41)25-27)46-48(33)40(28-16-8-5-9-17-28,29-18-10-6-11-19-29)30-20-12-7-13-21-30/h5-25H,26H2,1-4H3,(H,43,44,45). The zero-order valence-corrected chi connectivity index (χ0v) is 28.2. The maximum Gasteiger partial charge on any atom is 0.410 e. The van der Waals surface area contributed by atoms with Crippen molar-refractivity contribution in [3.8, 4) is 22.8 Å². The Morgan fingerprint density at radius 1 is 0.800 bits per heavy atom. The van der Waals surface area contributed by atoms with E-state index in [-0.39, 0.29) is 12.4 Å². The molecule has 0 saturated carbocycles. The lowest BCUT2D eigenvalue weighted by Gasteiger charge is -2.37. The molecule has 0 saturated heterocycles. The number of rotatable bonds is 8. The van der Waals surface area contributed by atoms with E-state index in [9.17, 15) is 9.18 Å². The zero-order valence-electron chi connectivity index (χ0n) is 28.2. The van der Waals surface area contributed by atoms with Gasteiger partial charge in [0.25, 0.3) is 0 Å². The van der Waals surface area contributed by atoms with Gasteiger partial charge in [0.2, 0.25) is 0 Å². The smallest absolute Gasteiger partial charge is 0.410 e. The number of benzene rings is 4. The average Bonchev–Trinajstić information content (AvgIpc) is 3.74. The molecule has 0 unspecified atom stereocenters. The van der Waals surface area contributed by atoms with Crippen LogP contribution in [0.25, 0.3) is 33.8 Å². The first kappa shape index (κ1) is 32.4. The third-order valence-corrected chi connectivity index (χ3v) is 8.37. The molecule has 1 amide bonds. The third kappa shape index (κ3) is 6.11. The van der Waals surface area contributed by atoms with Gasteiger partial charge < -0.3 is 9.64 Å². The summed E-state index contributed by atoms with van der Waals surface area (Å²) in [5.41, 5.74) is 4.27. The van der Waals surface area contributed by atoms with Crippen molar-refractivity contribution in [1.29, 1.82) is 0 Å². The highest BCUT2D eigenvalue weighted by Crippen LogP contribution is 2.44. The summed E-state index contributed by atoms with van der Waals surface area (Å²) in [7, 11) is 1.64. The van der Waals surface area contributed by atoms with Crippen LogP contribution in [0.3, 0.4) is 0 Å². The van der Waals surface area contributed by atoms with Crippen molar-refractivity contribution in [2.75, 3.05) is 7.05 Å². The second-order valence-electron chi connectivity index (χ2n) is 13.1. The molecule has 0 aliphatic heterocycles. The minimum Gasteiger partial charge on any atom is -0.444 e. The number of nitrogens with one attached hydrogen (secondary N) is 1. The fraction of sp³-hybridized carbons (Fsp3) is 0.175. The number of hydrogen-bond acceptors (Lipinski definition) is 6. The monoisotopic (exact) mass is 665 g/mol. The molecule has 0 aliphatic carbocycles. The largest absolute Gasteiger partial charge is 0.444 e. The summed E-state index contributed by atoms with van der Waals surface area (Å²) in [6.07, 6.45) is -0.471. The molecule has 4 aromatic carbocycles. The van der Waals surface area contributed by atoms with E-state index in [1.54, 1.807) is 13.1 Å². The molecule has 0 spiro atoms. The van der Waals surface area contributed by atoms with E-state index in [4.69, 9.17) is 14.8 Å². The molecule has 9 nitrogen and oxygen atoms in total. The maximum absolute atomic E-state index is 14.8. The Hall–Kier alpha value is -6.16. The van der Waals surface area contributed by atoms with Crippen molar-refractivity contribution >= 4 is 17.1 Å². The molecule has 0 aliphatic rings. The number of hydrogen-bond donors (Lipinski definition) is 1. The molecular formula is C40H36FN7O2. The van der Waals surface area contributed by atoms with E-state index in [1.165, 1.54) is 17.0 Å². The lowest BCUT2D eigenvalue weighted by molar-refractivity contribution is 0.0281. The number of halogens is 1. The van der Waals surface area contributed by atoms with Gasteiger partial charge in [-0.05, 0) is 61.7 Å². The van der Waals surface area contributed by atoms with Gasteiger partial charge in [0.05, 0.1) is 12.1 Å². The van der Waals surface area contributed by atoms with E-state index < -0.39 is 17.2 Å². The Kier molecular flexibility index (Phi) is 8.45. The van der Waals surface area contributed by atoms with Crippen LogP contribution in [0.5, 0.6) is 0 Å². The molecule has 10 heteroatoms. The predicted octanol–water partition coefficient (Wildman–Crippen LogP) is 8.23. The number of H-pyrrole nitrogens is 1. The van der Waals surface area contributed by atoms with Crippen LogP contribution in [-0.2, 0) is 16.8 Å². The Balaban J connectivity index is 1.43. The van der Waals surface area contributed by atoms with Crippen molar-refractivity contribution in [2.24, 2.45) is 0 Å². The SMILES string of the molecule is CN(Cc1nc(-c2ccc3c(n2)c(-c2cccc(F)c2)nn3C(c2ccccc2)(c2ccccc2)c2ccccc2)n[nH]1)C(=O)OC(C)(C)C. The second-order valence-corrected chi connectivity index (χ2v) is 13.1. The zero-order chi connectivity index (χ0) is 34.9. The highest BCUT2D eigenvalue weighted by Gasteiger charge is 2.41. The Morgan fingerprint density at radius 3 is 1.96 bits per heavy atom. The summed E-state index contributed by atoms with van der Waals surface area (Å²) in [5, 5.41) is 12.7. The molecule has 250 valence electrons. The van der Waals surface area contributed by atoms with Crippen LogP contribution in [0.4, 0.5) is 9.18 Å². The van der Waals surface area contributed by atoms with Crippen molar-refractivity contribution < 1.29 is 13.9 Å². The number of ether oxygens (including phenoxy) is 1. The molecule has 7 rings (SSSR count). The summed E-state index contributed by atoms with van der Waals surface area (Å²) in [4.78, 5) is 23.7. The number of aromatic nitrogens is 6. The number of nitrogens with zero attached hydrogens (tertiary/aromatic N) is 6. The molecule has 1 N–H and O–H groups in total. The number of aromatic amines is 1. The van der Waals surface area contributed by atoms with E-state index in [0.29, 0.717) is 34.1 Å². The van der Waals surface area contributed by atoms with Gasteiger partial charge in [-0.2, -0.15) is 10.2 Å². The van der Waals surface area contributed by atoms with Crippen molar-refractivity contribution in [3.63, 3.8) is 0 Å². The first-order valence-corrected chi connectivity index (χ1v) is 16.3. The summed E-state index contributed by atoms with van der Waals surface area (Å²) in [6, 6.07) is 40.9. The van der Waals surface area contributed by atoms with E-state index in [1.807, 2.05) is 98.2 Å². The van der Waals surface area contributed by atoms with Crippen molar-refractivity contribution in [1.82, 2.24) is 34.8 Å². The summed E-state index contributed by atoms with van der Waals surface area (Å²) in [6.45, 7) is 5.61. The number of fused-ring (bicyclic) bond motifs is 1. The average molecular weight is 666 g/mol. The highest BCUT2D eigenvalue weighted by molar-refractivity contribution is 5.92. The van der Waals surface area contributed by atoms with Crippen molar-refractivity contribution in [2.45, 2.75) is 38.5 Å². The van der Waals surface area contributed by atoms with Crippen LogP contribution >= 0.6 is 0 Å². The van der Waals surface area contributed by atoms with Crippen molar-refractivity contribution in [3.05, 3.63) is 156 Å². The van der Waals surface area contributed by atoms with Gasteiger partial charge in [0.15, 0.2) is 5.82 Å². The molecule has 0 bridgehead atoms. The van der Waals surface area contributed by atoms with Gasteiger partial charge in [0, 0.05) is 12.6 Å². The second kappa shape index (κ2) is 13.0. The molecule has 3 aromatic heterocycles. The number of amides is 1. The molecule has 0 atom stereocenters. The van der Waals surface area contributed by atoms with Crippen LogP contribution in [0, 0.1) is 5.82 Å². The van der Waals surface area contributed by atoms with E-state index in [0.717, 1.165) is 22.2 Å². The summed E-state index contributed by atoms with van der Waals surface area (Å²) in [5.74, 6) is 0.431. The van der Waals surface area contributed by atoms with Crippen LogP contribution in [0.1, 0.15) is 43.3 Å². The number of pyridine rings is 1. The normalized spacial score (nSPS) is 11.9. The Labute approximate surface area is 289 Å². The topological polar surface area (TPSA) is 102 Å². The van der Waals surface area contributed by atoms with Crippen LogP contribution in [-0.4, -0.2) is 53.6 Å². The molecule has 0 radical (unpaired) electrons. The summed E-state index contributed by atoms with van der Waals surface area (Å²) < 4.78 is 22.2. The third-order valence-electron chi connectivity index (χ3n) is 8.37. The number of carbonyl (C=O) groups is 1. The van der Waals surface area contributed by atoms with Gasteiger partial charge in [-0.15, -0.1) is 0 Å². The molecular weight excluding hydrogens is 629 g/mol. The van der Waals surface area contributed by atoms with Gasteiger partial charge in [-0.25, -0.2) is 23.8 Å². The minimum atomic E-state index is -0.930. The predicted molar refractivity (Wildman–Crippen MR) is 191 cm³/mol. The fourth-order valence-electron chi connectivity index (χ4n) is 6.22. The van der Waals surface area contributed by atoms with Gasteiger partial charge >= 0.3 is 6.09 Å². The van der Waals surface area contributed by atoms with E-state index >= 15 is 0 Å². The number of carbonyl (C=O) groups excluding carboxylic acids is 1. The van der Waals surface area contributed by atoms with Crippen LogP contribution in [0.2, 0.25) is 0 Å². The molecule has 0 fully saturated rings. The Bertz CT molecular complexity index is 2170. The lowest BCUT2D eigenvalue weighted by Crippen LogP contribution is -2.38. The molecule has 3 heterocycles. The highest BCUT2D eigenvalue weighted by atomic mass is 19.1. The lowest BCUT2D eigenvalue weighted by atomic mass is 9.77. The fourth-order valence-corrected chi connectivity index (χ4v) is 6.22. The summed E-state index contributed by atoms with van der Waals surface area (Å²) >= 11 is 0. The van der Waals surface area contributed by atoms with Crippen LogP contribution < -0.4 is 0 Å². The molecule has 7 aromatic rings. The van der Waals surface area contributed by atoms with Gasteiger partial charge in [-0.3, -0.25) is 5.10 Å². The van der Waals surface area contributed by atoms with Crippen LogP contribution in [0.15, 0.2) is 127 Å². The first-order chi connectivity index (χ1) is 24.1. The maximum atomic E-state index is 14.8. The molecule has 50 heavy (non-hydrogen) atoms.